The van der Waals surface area contributed by atoms with Gasteiger partial charge >= 0.3 is 17.8 Å². The smallest absolute Gasteiger partial charge is 0.194 e. The third kappa shape index (κ3) is 5.31. The molecule has 0 saturated carbocycles. The third-order valence-corrected chi connectivity index (χ3v) is 17.0. The van der Waals surface area contributed by atoms with E-state index in [1.807, 2.05) is 62.4 Å². The van der Waals surface area contributed by atoms with Gasteiger partial charge < -0.3 is 0 Å². The molecule has 2 aromatic carbocycles. The van der Waals surface area contributed by atoms with Crippen LogP contribution in [0.2, 0.25) is 0 Å². The van der Waals surface area contributed by atoms with Crippen LogP contribution >= 0.6 is 68.0 Å². The highest BCUT2D eigenvalue weighted by atomic mass is 32.1. The molecular formula is C41H26F6S6. The molecule has 0 nitrogen and oxygen atoms in total. The minimum atomic E-state index is -5.63. The Morgan fingerprint density at radius 1 is 0.396 bits per heavy atom. The summed E-state index contributed by atoms with van der Waals surface area (Å²) in [4.78, 5) is 8.24. The Hall–Kier alpha value is -3.52. The van der Waals surface area contributed by atoms with E-state index in [1.54, 1.807) is 71.3 Å². The van der Waals surface area contributed by atoms with Crippen LogP contribution < -0.4 is 0 Å². The summed E-state index contributed by atoms with van der Waals surface area (Å²) in [6.45, 7) is 7.17. The van der Waals surface area contributed by atoms with E-state index in [0.717, 1.165) is 63.1 Å². The van der Waals surface area contributed by atoms with Crippen LogP contribution in [-0.2, 0) is 0 Å². The monoisotopic (exact) mass is 824 g/mol. The van der Waals surface area contributed by atoms with E-state index in [9.17, 15) is 0 Å². The second-order valence-electron chi connectivity index (χ2n) is 13.2. The van der Waals surface area contributed by atoms with Crippen molar-refractivity contribution in [2.75, 3.05) is 0 Å². The molecule has 1 aliphatic carbocycles. The number of allylic oxidation sites excluding steroid dienone is 2. The van der Waals surface area contributed by atoms with Gasteiger partial charge in [0.25, 0.3) is 0 Å². The van der Waals surface area contributed by atoms with Crippen molar-refractivity contribution in [1.29, 1.82) is 0 Å². The van der Waals surface area contributed by atoms with Gasteiger partial charge in [0.05, 0.1) is 11.1 Å². The summed E-state index contributed by atoms with van der Waals surface area (Å²) in [6.07, 6.45) is 0. The zero-order valence-corrected chi connectivity index (χ0v) is 33.2. The average Bonchev–Trinajstić information content (AvgIpc) is 3.98. The Labute approximate surface area is 325 Å². The first kappa shape index (κ1) is 35.2. The van der Waals surface area contributed by atoms with Crippen LogP contribution in [-0.4, -0.2) is 17.8 Å². The molecule has 0 fully saturated rings. The Bertz CT molecular complexity index is 2590. The van der Waals surface area contributed by atoms with E-state index in [-0.39, 0.29) is 20.9 Å². The lowest BCUT2D eigenvalue weighted by Gasteiger charge is -2.25. The summed E-state index contributed by atoms with van der Waals surface area (Å²) in [5.41, 5.74) is -0.372. The number of aryl methyl sites for hydroxylation is 4. The minimum absolute atomic E-state index is 0.248. The Kier molecular flexibility index (Phi) is 8.13. The first-order valence-corrected chi connectivity index (χ1v) is 21.4. The fourth-order valence-corrected chi connectivity index (χ4v) is 13.5. The van der Waals surface area contributed by atoms with Crippen LogP contribution in [0.1, 0.15) is 30.6 Å². The molecule has 0 radical (unpaired) electrons. The lowest BCUT2D eigenvalue weighted by atomic mass is 9.98. The number of rotatable bonds is 6. The molecule has 0 atom stereocenters. The molecule has 0 bridgehead atoms. The van der Waals surface area contributed by atoms with Gasteiger partial charge in [-0.05, 0) is 121 Å². The van der Waals surface area contributed by atoms with Crippen molar-refractivity contribution < 1.29 is 26.3 Å². The molecule has 268 valence electrons. The molecule has 6 aromatic heterocycles. The molecule has 0 saturated heterocycles. The van der Waals surface area contributed by atoms with Gasteiger partial charge in [0.1, 0.15) is 0 Å². The summed E-state index contributed by atoms with van der Waals surface area (Å²) < 4.78 is 96.3. The number of hydrogen-bond donors (Lipinski definition) is 0. The summed E-state index contributed by atoms with van der Waals surface area (Å²) >= 11 is 8.27. The first-order valence-electron chi connectivity index (χ1n) is 16.5. The maximum absolute atomic E-state index is 16.1. The molecule has 0 amide bonds. The minimum Gasteiger partial charge on any atom is -0.194 e. The van der Waals surface area contributed by atoms with E-state index < -0.39 is 28.9 Å². The zero-order valence-electron chi connectivity index (χ0n) is 28.3. The highest BCUT2D eigenvalue weighted by Gasteiger charge is 2.80. The lowest BCUT2D eigenvalue weighted by molar-refractivity contribution is -0.254. The molecule has 0 spiro atoms. The summed E-state index contributed by atoms with van der Waals surface area (Å²) in [5.74, 6) is -15.9. The molecule has 8 aromatic rings. The fraction of sp³-hybridized carbons (Fsp3) is 0.171. The number of thiophene rings is 6. The predicted molar refractivity (Wildman–Crippen MR) is 218 cm³/mol. The summed E-state index contributed by atoms with van der Waals surface area (Å²) in [7, 11) is 0. The van der Waals surface area contributed by atoms with E-state index in [0.29, 0.717) is 20.2 Å². The normalized spacial score (nSPS) is 16.5. The molecule has 0 aliphatic heterocycles. The molecule has 6 heterocycles. The van der Waals surface area contributed by atoms with Crippen LogP contribution in [0.25, 0.3) is 71.7 Å². The maximum atomic E-state index is 16.1. The van der Waals surface area contributed by atoms with Crippen LogP contribution in [0.4, 0.5) is 26.3 Å². The maximum Gasteiger partial charge on any atom is 0.380 e. The van der Waals surface area contributed by atoms with E-state index in [1.165, 1.54) is 9.75 Å². The number of alkyl halides is 6. The van der Waals surface area contributed by atoms with Crippen LogP contribution in [0, 0.1) is 27.7 Å². The van der Waals surface area contributed by atoms with Crippen molar-refractivity contribution in [3.63, 3.8) is 0 Å². The number of hydrogen-bond acceptors (Lipinski definition) is 6. The second-order valence-corrected chi connectivity index (χ2v) is 20.0. The topological polar surface area (TPSA) is 0 Å². The van der Waals surface area contributed by atoms with Crippen LogP contribution in [0.15, 0.2) is 84.9 Å². The largest absolute Gasteiger partial charge is 0.380 e. The van der Waals surface area contributed by atoms with Crippen molar-refractivity contribution >= 4 is 99.3 Å². The third-order valence-electron chi connectivity index (χ3n) is 9.74. The first-order chi connectivity index (χ1) is 25.2. The van der Waals surface area contributed by atoms with Crippen molar-refractivity contribution in [2.45, 2.75) is 45.5 Å². The molecule has 53 heavy (non-hydrogen) atoms. The van der Waals surface area contributed by atoms with Gasteiger partial charge in [-0.3, -0.25) is 0 Å². The highest BCUT2D eigenvalue weighted by molar-refractivity contribution is 7.25. The molecule has 9 rings (SSSR count). The molecule has 12 heteroatoms. The van der Waals surface area contributed by atoms with E-state index in [4.69, 9.17) is 0 Å². The van der Waals surface area contributed by atoms with Gasteiger partial charge in [0, 0.05) is 58.2 Å². The van der Waals surface area contributed by atoms with Crippen molar-refractivity contribution in [2.24, 2.45) is 0 Å². The Morgan fingerprint density at radius 2 is 0.755 bits per heavy atom. The van der Waals surface area contributed by atoms with Crippen LogP contribution in [0.3, 0.4) is 0 Å². The van der Waals surface area contributed by atoms with Gasteiger partial charge in [0.15, 0.2) is 0 Å². The fourth-order valence-electron chi connectivity index (χ4n) is 6.96. The lowest BCUT2D eigenvalue weighted by Crippen LogP contribution is -2.48. The van der Waals surface area contributed by atoms with Crippen molar-refractivity contribution in [3.05, 3.63) is 116 Å². The Morgan fingerprint density at radius 3 is 1.13 bits per heavy atom. The Balaban J connectivity index is 1.17. The van der Waals surface area contributed by atoms with Gasteiger partial charge in [-0.15, -0.1) is 68.0 Å². The molecule has 0 N–H and O–H groups in total. The van der Waals surface area contributed by atoms with Gasteiger partial charge in [-0.1, -0.05) is 24.3 Å². The average molecular weight is 825 g/mol. The van der Waals surface area contributed by atoms with Crippen LogP contribution in [0.5, 0.6) is 0 Å². The number of fused-ring (bicyclic) bond motifs is 2. The molecule has 1 aliphatic rings. The standard InChI is InChI=1S/C41H26F6S6/c1-19-5-11-29(48-19)31-15-13-27(50-31)23-7-9-25-21(3)37(52-33(25)17-23)35-36(40(44,45)41(46,47)39(35,42)43)38-22(4)26-10-8-24(18-34(26)53-38)28-14-16-32(51-28)30-12-6-20(2)49-30/h5-18H,1-4H3. The van der Waals surface area contributed by atoms with Crippen molar-refractivity contribution in [1.82, 2.24) is 0 Å². The van der Waals surface area contributed by atoms with E-state index in [2.05, 4.69) is 24.3 Å². The number of benzene rings is 2. The molecule has 0 unspecified atom stereocenters. The van der Waals surface area contributed by atoms with Gasteiger partial charge in [-0.25, -0.2) is 0 Å². The summed E-state index contributed by atoms with van der Waals surface area (Å²) in [5, 5.41) is 1.12. The van der Waals surface area contributed by atoms with Crippen molar-refractivity contribution in [3.8, 4) is 40.4 Å². The quantitative estimate of drug-likeness (QED) is 0.147. The van der Waals surface area contributed by atoms with Gasteiger partial charge in [0.2, 0.25) is 0 Å². The van der Waals surface area contributed by atoms with E-state index >= 15 is 26.3 Å². The molecular weight excluding hydrogens is 799 g/mol. The summed E-state index contributed by atoms with van der Waals surface area (Å²) in [6, 6.07) is 27.2. The van der Waals surface area contributed by atoms with Gasteiger partial charge in [-0.2, -0.15) is 26.3 Å². The second kappa shape index (κ2) is 12.2. The highest BCUT2D eigenvalue weighted by Crippen LogP contribution is 2.67. The number of halogens is 6. The SMILES string of the molecule is Cc1ccc(-c2ccc(-c3ccc4c(C)c(C5=C(c6sc7cc(-c8ccc(-c9ccc(C)s9)s8)ccc7c6C)C(F)(F)C(F)(F)C5(F)F)sc4c3)s2)s1. The zero-order chi connectivity index (χ0) is 37.2. The predicted octanol–water partition coefficient (Wildman–Crippen LogP) is 16.1.